The molecule has 2 N–H and O–H groups in total. The Balaban J connectivity index is 1.97. The molecule has 3 nitrogen and oxygen atoms in total. The van der Waals surface area contributed by atoms with Gasteiger partial charge in [0.1, 0.15) is 0 Å². The molecule has 98 valence electrons. The van der Waals surface area contributed by atoms with Gasteiger partial charge in [0.05, 0.1) is 11.2 Å². The maximum atomic E-state index is 10.9. The first-order chi connectivity index (χ1) is 8.59. The summed E-state index contributed by atoms with van der Waals surface area (Å²) in [6, 6.07) is 6.89. The van der Waals surface area contributed by atoms with Crippen LogP contribution in [0.5, 0.6) is 0 Å². The van der Waals surface area contributed by atoms with Crippen molar-refractivity contribution in [2.24, 2.45) is 0 Å². The summed E-state index contributed by atoms with van der Waals surface area (Å²) in [5.41, 5.74) is -0.266. The maximum Gasteiger partial charge on any atom is 0.335 e. The van der Waals surface area contributed by atoms with Crippen molar-refractivity contribution in [3.8, 4) is 0 Å². The summed E-state index contributed by atoms with van der Waals surface area (Å²) in [6.45, 7) is 0. The van der Waals surface area contributed by atoms with Crippen LogP contribution < -0.4 is 0 Å². The molecular formula is C14H18O3S. The van der Waals surface area contributed by atoms with Crippen molar-refractivity contribution in [1.82, 2.24) is 0 Å². The Morgan fingerprint density at radius 3 is 2.67 bits per heavy atom. The monoisotopic (exact) mass is 266 g/mol. The second kappa shape index (κ2) is 5.76. The lowest BCUT2D eigenvalue weighted by Crippen LogP contribution is -2.33. The fourth-order valence-electron chi connectivity index (χ4n) is 2.29. The molecule has 2 rings (SSSR count). The van der Waals surface area contributed by atoms with Gasteiger partial charge in [0, 0.05) is 10.6 Å². The Morgan fingerprint density at radius 1 is 1.28 bits per heavy atom. The highest BCUT2D eigenvalue weighted by molar-refractivity contribution is 7.99. The topological polar surface area (TPSA) is 57.5 Å². The highest BCUT2D eigenvalue weighted by Crippen LogP contribution is 2.33. The number of carboxylic acids is 1. The van der Waals surface area contributed by atoms with Crippen LogP contribution in [0.15, 0.2) is 29.2 Å². The summed E-state index contributed by atoms with van der Waals surface area (Å²) in [5.74, 6) is -0.260. The highest BCUT2D eigenvalue weighted by Gasteiger charge is 2.29. The number of aromatic carboxylic acids is 1. The SMILES string of the molecule is O=C(O)c1cccc(SCC2(O)CCCCC2)c1. The molecule has 0 radical (unpaired) electrons. The molecular weight excluding hydrogens is 248 g/mol. The molecule has 18 heavy (non-hydrogen) atoms. The van der Waals surface area contributed by atoms with Gasteiger partial charge in [-0.1, -0.05) is 25.3 Å². The lowest BCUT2D eigenvalue weighted by Gasteiger charge is -2.31. The lowest BCUT2D eigenvalue weighted by atomic mass is 9.86. The van der Waals surface area contributed by atoms with Crippen LogP contribution in [0, 0.1) is 0 Å². The van der Waals surface area contributed by atoms with E-state index in [1.54, 1.807) is 30.0 Å². The Hall–Kier alpha value is -1.00. The predicted octanol–water partition coefficient (Wildman–Crippen LogP) is 3.17. The van der Waals surface area contributed by atoms with Crippen molar-refractivity contribution in [3.05, 3.63) is 29.8 Å². The Labute approximate surface area is 111 Å². The van der Waals surface area contributed by atoms with Gasteiger partial charge in [0.2, 0.25) is 0 Å². The third-order valence-electron chi connectivity index (χ3n) is 3.37. The fraction of sp³-hybridized carbons (Fsp3) is 0.500. The van der Waals surface area contributed by atoms with E-state index in [-0.39, 0.29) is 0 Å². The largest absolute Gasteiger partial charge is 0.478 e. The first-order valence-corrected chi connectivity index (χ1v) is 7.26. The molecule has 1 aromatic carbocycles. The standard InChI is InChI=1S/C14H18O3S/c15-13(16)11-5-4-6-12(9-11)18-10-14(17)7-2-1-3-8-14/h4-6,9,17H,1-3,7-8,10H2,(H,15,16). The van der Waals surface area contributed by atoms with E-state index in [4.69, 9.17) is 5.11 Å². The molecule has 1 aliphatic carbocycles. The lowest BCUT2D eigenvalue weighted by molar-refractivity contribution is 0.0273. The van der Waals surface area contributed by atoms with Gasteiger partial charge in [-0.2, -0.15) is 0 Å². The van der Waals surface area contributed by atoms with Crippen molar-refractivity contribution in [3.63, 3.8) is 0 Å². The second-order valence-electron chi connectivity index (χ2n) is 4.91. The van der Waals surface area contributed by atoms with Gasteiger partial charge in [-0.3, -0.25) is 0 Å². The number of hydrogen-bond donors (Lipinski definition) is 2. The van der Waals surface area contributed by atoms with E-state index in [1.165, 1.54) is 6.42 Å². The molecule has 4 heteroatoms. The molecule has 0 aliphatic heterocycles. The molecule has 0 bridgehead atoms. The Morgan fingerprint density at radius 2 is 2.00 bits per heavy atom. The summed E-state index contributed by atoms with van der Waals surface area (Å²) >= 11 is 1.54. The molecule has 0 heterocycles. The number of thioether (sulfide) groups is 1. The average Bonchev–Trinajstić information content (AvgIpc) is 2.38. The predicted molar refractivity (Wildman–Crippen MR) is 72.2 cm³/mol. The van der Waals surface area contributed by atoms with Crippen LogP contribution in [0.1, 0.15) is 42.5 Å². The van der Waals surface area contributed by atoms with Gasteiger partial charge < -0.3 is 10.2 Å². The van der Waals surface area contributed by atoms with Crippen LogP contribution in [0.4, 0.5) is 0 Å². The zero-order chi connectivity index (χ0) is 13.0. The van der Waals surface area contributed by atoms with Crippen molar-refractivity contribution >= 4 is 17.7 Å². The number of aliphatic hydroxyl groups is 1. The number of benzene rings is 1. The molecule has 0 amide bonds. The zero-order valence-corrected chi connectivity index (χ0v) is 11.1. The third kappa shape index (κ3) is 3.50. The van der Waals surface area contributed by atoms with E-state index in [0.29, 0.717) is 11.3 Å². The van der Waals surface area contributed by atoms with Crippen LogP contribution in [-0.2, 0) is 0 Å². The normalized spacial score (nSPS) is 18.5. The van der Waals surface area contributed by atoms with Crippen molar-refractivity contribution in [2.45, 2.75) is 42.6 Å². The molecule has 0 atom stereocenters. The molecule has 0 aromatic heterocycles. The van der Waals surface area contributed by atoms with Crippen molar-refractivity contribution in [1.29, 1.82) is 0 Å². The van der Waals surface area contributed by atoms with Crippen LogP contribution in [0.25, 0.3) is 0 Å². The van der Waals surface area contributed by atoms with Gasteiger partial charge in [-0.15, -0.1) is 11.8 Å². The Kier molecular flexibility index (Phi) is 4.30. The van der Waals surface area contributed by atoms with Gasteiger partial charge in [-0.05, 0) is 31.0 Å². The van der Waals surface area contributed by atoms with Crippen LogP contribution in [0.2, 0.25) is 0 Å². The van der Waals surface area contributed by atoms with Gasteiger partial charge in [-0.25, -0.2) is 4.79 Å². The summed E-state index contributed by atoms with van der Waals surface area (Å²) in [7, 11) is 0. The molecule has 1 aliphatic rings. The van der Waals surface area contributed by atoms with Gasteiger partial charge in [0.25, 0.3) is 0 Å². The molecule has 1 fully saturated rings. The fourth-order valence-corrected chi connectivity index (χ4v) is 3.40. The zero-order valence-electron chi connectivity index (χ0n) is 10.3. The van der Waals surface area contributed by atoms with Gasteiger partial charge in [0.15, 0.2) is 0 Å². The van der Waals surface area contributed by atoms with Crippen molar-refractivity contribution < 1.29 is 15.0 Å². The van der Waals surface area contributed by atoms with E-state index in [1.807, 2.05) is 6.07 Å². The highest BCUT2D eigenvalue weighted by atomic mass is 32.2. The summed E-state index contributed by atoms with van der Waals surface area (Å²) in [6.07, 6.45) is 5.11. The van der Waals surface area contributed by atoms with E-state index in [0.717, 1.165) is 30.6 Å². The van der Waals surface area contributed by atoms with E-state index in [9.17, 15) is 9.90 Å². The quantitative estimate of drug-likeness (QED) is 0.822. The van der Waals surface area contributed by atoms with Crippen LogP contribution >= 0.6 is 11.8 Å². The van der Waals surface area contributed by atoms with E-state index < -0.39 is 11.6 Å². The summed E-state index contributed by atoms with van der Waals surface area (Å²) in [5, 5.41) is 19.3. The molecule has 0 saturated heterocycles. The number of carbonyl (C=O) groups is 1. The van der Waals surface area contributed by atoms with E-state index in [2.05, 4.69) is 0 Å². The first-order valence-electron chi connectivity index (χ1n) is 6.28. The molecule has 0 unspecified atom stereocenters. The van der Waals surface area contributed by atoms with Gasteiger partial charge >= 0.3 is 5.97 Å². The third-order valence-corrected chi connectivity index (χ3v) is 4.64. The summed E-state index contributed by atoms with van der Waals surface area (Å²) in [4.78, 5) is 11.8. The van der Waals surface area contributed by atoms with E-state index >= 15 is 0 Å². The minimum absolute atomic E-state index is 0.302. The van der Waals surface area contributed by atoms with Crippen LogP contribution in [0.3, 0.4) is 0 Å². The van der Waals surface area contributed by atoms with Crippen molar-refractivity contribution in [2.75, 3.05) is 5.75 Å². The molecule has 1 aromatic rings. The number of carboxylic acid groups (broad SMARTS) is 1. The smallest absolute Gasteiger partial charge is 0.335 e. The molecule has 0 spiro atoms. The minimum atomic E-state index is -0.908. The van der Waals surface area contributed by atoms with Crippen LogP contribution in [-0.4, -0.2) is 27.5 Å². The second-order valence-corrected chi connectivity index (χ2v) is 5.96. The summed E-state index contributed by atoms with van der Waals surface area (Å²) < 4.78 is 0. The minimum Gasteiger partial charge on any atom is -0.478 e. The Bertz CT molecular complexity index is 425. The first kappa shape index (κ1) is 13.4. The molecule has 1 saturated carbocycles. The maximum absolute atomic E-state index is 10.9. The average molecular weight is 266 g/mol. The number of rotatable bonds is 4. The number of hydrogen-bond acceptors (Lipinski definition) is 3.